The van der Waals surface area contributed by atoms with Gasteiger partial charge < -0.3 is 5.11 Å². The molecule has 1 aliphatic carbocycles. The maximum Gasteiger partial charge on any atom is 0.0791 e. The summed E-state index contributed by atoms with van der Waals surface area (Å²) in [6.07, 6.45) is 6.99. The Morgan fingerprint density at radius 3 is 2.62 bits per heavy atom. The number of aliphatic hydroxyl groups excluding tert-OH is 1. The lowest BCUT2D eigenvalue weighted by Gasteiger charge is -2.43. The standard InChI is InChI=1S/C15H26O/c1-6-8-13(16)14-12(7-2)11(3)9-10-15(14,4)5/h6,8,13-14,16H,7,9-10H2,1-5H3/b8-6+. The Kier molecular flexibility index (Phi) is 4.37. The molecule has 0 heterocycles. The molecule has 16 heavy (non-hydrogen) atoms. The summed E-state index contributed by atoms with van der Waals surface area (Å²) in [5, 5.41) is 10.3. The molecule has 1 heteroatoms. The van der Waals surface area contributed by atoms with E-state index in [1.807, 2.05) is 19.1 Å². The van der Waals surface area contributed by atoms with Gasteiger partial charge in [0.05, 0.1) is 6.10 Å². The molecule has 0 aromatic carbocycles. The highest BCUT2D eigenvalue weighted by molar-refractivity contribution is 5.24. The first kappa shape index (κ1) is 13.5. The molecule has 0 saturated heterocycles. The Hall–Kier alpha value is -0.560. The molecule has 0 aliphatic heterocycles. The molecule has 2 atom stereocenters. The Labute approximate surface area is 100 Å². The van der Waals surface area contributed by atoms with Crippen molar-refractivity contribution in [2.45, 2.75) is 60.0 Å². The lowest BCUT2D eigenvalue weighted by molar-refractivity contribution is 0.0742. The second kappa shape index (κ2) is 5.18. The quantitative estimate of drug-likeness (QED) is 0.713. The van der Waals surface area contributed by atoms with Crippen LogP contribution < -0.4 is 0 Å². The van der Waals surface area contributed by atoms with Gasteiger partial charge in [-0.3, -0.25) is 0 Å². The van der Waals surface area contributed by atoms with Crippen LogP contribution in [0.4, 0.5) is 0 Å². The third-order valence-electron chi connectivity index (χ3n) is 4.02. The van der Waals surface area contributed by atoms with Crippen LogP contribution in [-0.2, 0) is 0 Å². The smallest absolute Gasteiger partial charge is 0.0791 e. The van der Waals surface area contributed by atoms with Gasteiger partial charge in [-0.15, -0.1) is 0 Å². The first-order valence-corrected chi connectivity index (χ1v) is 6.43. The highest BCUT2D eigenvalue weighted by Gasteiger charge is 2.38. The van der Waals surface area contributed by atoms with Gasteiger partial charge in [-0.05, 0) is 38.5 Å². The minimum Gasteiger partial charge on any atom is -0.388 e. The molecule has 1 N–H and O–H groups in total. The van der Waals surface area contributed by atoms with E-state index in [9.17, 15) is 5.11 Å². The van der Waals surface area contributed by atoms with E-state index in [2.05, 4.69) is 27.7 Å². The highest BCUT2D eigenvalue weighted by Crippen LogP contribution is 2.46. The second-order valence-corrected chi connectivity index (χ2v) is 5.64. The van der Waals surface area contributed by atoms with Crippen LogP contribution in [0.2, 0.25) is 0 Å². The topological polar surface area (TPSA) is 20.2 Å². The molecule has 0 aromatic rings. The SMILES string of the molecule is C/C=C/C(O)C1C(CC)=C(C)CCC1(C)C. The zero-order chi connectivity index (χ0) is 12.3. The maximum atomic E-state index is 10.3. The molecular formula is C15H26O. The predicted molar refractivity (Wildman–Crippen MR) is 70.3 cm³/mol. The minimum atomic E-state index is -0.329. The maximum absolute atomic E-state index is 10.3. The average Bonchev–Trinajstić information content (AvgIpc) is 2.21. The lowest BCUT2D eigenvalue weighted by Crippen LogP contribution is -2.37. The fourth-order valence-electron chi connectivity index (χ4n) is 3.06. The number of rotatable bonds is 3. The molecule has 0 radical (unpaired) electrons. The predicted octanol–water partition coefficient (Wildman–Crippen LogP) is 4.09. The van der Waals surface area contributed by atoms with Gasteiger partial charge in [0.1, 0.15) is 0 Å². The first-order valence-electron chi connectivity index (χ1n) is 6.43. The minimum absolute atomic E-state index is 0.212. The summed E-state index contributed by atoms with van der Waals surface area (Å²) in [6.45, 7) is 11.0. The van der Waals surface area contributed by atoms with Gasteiger partial charge in [0, 0.05) is 5.92 Å². The fraction of sp³-hybridized carbons (Fsp3) is 0.733. The van der Waals surface area contributed by atoms with Crippen LogP contribution in [0.1, 0.15) is 53.9 Å². The number of aliphatic hydroxyl groups is 1. The van der Waals surface area contributed by atoms with Crippen LogP contribution in [0.5, 0.6) is 0 Å². The molecule has 0 bridgehead atoms. The largest absolute Gasteiger partial charge is 0.388 e. The van der Waals surface area contributed by atoms with E-state index < -0.39 is 0 Å². The summed E-state index contributed by atoms with van der Waals surface area (Å²) in [6, 6.07) is 0. The average molecular weight is 222 g/mol. The van der Waals surface area contributed by atoms with E-state index in [-0.39, 0.29) is 11.5 Å². The zero-order valence-electron chi connectivity index (χ0n) is 11.4. The molecule has 1 aliphatic rings. The van der Waals surface area contributed by atoms with Crippen molar-refractivity contribution in [2.24, 2.45) is 11.3 Å². The van der Waals surface area contributed by atoms with E-state index in [0.717, 1.165) is 6.42 Å². The zero-order valence-corrected chi connectivity index (χ0v) is 11.4. The van der Waals surface area contributed by atoms with Crippen LogP contribution in [0.25, 0.3) is 0 Å². The molecule has 0 saturated carbocycles. The van der Waals surface area contributed by atoms with Crippen molar-refractivity contribution in [3.63, 3.8) is 0 Å². The first-order chi connectivity index (χ1) is 7.44. The van der Waals surface area contributed by atoms with Crippen LogP contribution in [-0.4, -0.2) is 11.2 Å². The normalized spacial score (nSPS) is 27.5. The molecule has 1 rings (SSSR count). The third kappa shape index (κ3) is 2.57. The van der Waals surface area contributed by atoms with Crippen molar-refractivity contribution in [1.29, 1.82) is 0 Å². The van der Waals surface area contributed by atoms with Gasteiger partial charge in [0.15, 0.2) is 0 Å². The van der Waals surface area contributed by atoms with Gasteiger partial charge in [-0.1, -0.05) is 44.1 Å². The highest BCUT2D eigenvalue weighted by atomic mass is 16.3. The Balaban J connectivity index is 3.10. The Morgan fingerprint density at radius 2 is 2.12 bits per heavy atom. The van der Waals surface area contributed by atoms with E-state index in [1.165, 1.54) is 24.0 Å². The molecule has 2 unspecified atom stereocenters. The molecule has 92 valence electrons. The van der Waals surface area contributed by atoms with Gasteiger partial charge >= 0.3 is 0 Å². The van der Waals surface area contributed by atoms with Crippen molar-refractivity contribution in [2.75, 3.05) is 0 Å². The molecule has 0 fully saturated rings. The van der Waals surface area contributed by atoms with Crippen LogP contribution >= 0.6 is 0 Å². The van der Waals surface area contributed by atoms with Crippen molar-refractivity contribution in [1.82, 2.24) is 0 Å². The van der Waals surface area contributed by atoms with E-state index in [0.29, 0.717) is 5.92 Å². The summed E-state index contributed by atoms with van der Waals surface area (Å²) in [4.78, 5) is 0. The summed E-state index contributed by atoms with van der Waals surface area (Å²) < 4.78 is 0. The van der Waals surface area contributed by atoms with Gasteiger partial charge in [-0.25, -0.2) is 0 Å². The molecule has 0 spiro atoms. The lowest BCUT2D eigenvalue weighted by atomic mass is 9.63. The summed E-state index contributed by atoms with van der Waals surface area (Å²) in [5.74, 6) is 0.294. The Morgan fingerprint density at radius 1 is 1.50 bits per heavy atom. The van der Waals surface area contributed by atoms with Crippen LogP contribution in [0.3, 0.4) is 0 Å². The van der Waals surface area contributed by atoms with Gasteiger partial charge in [-0.2, -0.15) is 0 Å². The van der Waals surface area contributed by atoms with Crippen molar-refractivity contribution >= 4 is 0 Å². The molecule has 1 nitrogen and oxygen atoms in total. The van der Waals surface area contributed by atoms with Gasteiger partial charge in [0.25, 0.3) is 0 Å². The van der Waals surface area contributed by atoms with Gasteiger partial charge in [0.2, 0.25) is 0 Å². The summed E-state index contributed by atoms with van der Waals surface area (Å²) in [5.41, 5.74) is 3.18. The molecule has 0 aromatic heterocycles. The second-order valence-electron chi connectivity index (χ2n) is 5.64. The summed E-state index contributed by atoms with van der Waals surface area (Å²) in [7, 11) is 0. The third-order valence-corrected chi connectivity index (χ3v) is 4.02. The van der Waals surface area contributed by atoms with E-state index in [4.69, 9.17) is 0 Å². The fourth-order valence-corrected chi connectivity index (χ4v) is 3.06. The monoisotopic (exact) mass is 222 g/mol. The van der Waals surface area contributed by atoms with E-state index >= 15 is 0 Å². The molecular weight excluding hydrogens is 196 g/mol. The summed E-state index contributed by atoms with van der Waals surface area (Å²) >= 11 is 0. The van der Waals surface area contributed by atoms with Crippen molar-refractivity contribution in [3.05, 3.63) is 23.3 Å². The van der Waals surface area contributed by atoms with Crippen LogP contribution in [0, 0.1) is 11.3 Å². The molecule has 0 amide bonds. The van der Waals surface area contributed by atoms with Crippen LogP contribution in [0.15, 0.2) is 23.3 Å². The van der Waals surface area contributed by atoms with E-state index in [1.54, 1.807) is 0 Å². The Bertz CT molecular complexity index is 297. The van der Waals surface area contributed by atoms with Crippen molar-refractivity contribution < 1.29 is 5.11 Å². The number of hydrogen-bond acceptors (Lipinski definition) is 1. The van der Waals surface area contributed by atoms with Crippen molar-refractivity contribution in [3.8, 4) is 0 Å². The number of hydrogen-bond donors (Lipinski definition) is 1. The number of allylic oxidation sites excluding steroid dienone is 2.